The number of hydrogen-bond donors (Lipinski definition) is 3. The summed E-state index contributed by atoms with van der Waals surface area (Å²) in [5.74, 6) is -2.14. The van der Waals surface area contributed by atoms with E-state index in [1.807, 2.05) is 0 Å². The Morgan fingerprint density at radius 3 is 2.54 bits per heavy atom. The molecule has 0 aliphatic rings. The van der Waals surface area contributed by atoms with Crippen LogP contribution in [0.15, 0.2) is 46.0 Å². The molecule has 0 heterocycles. The number of carbonyl (C=O) groups is 3. The third-order valence-corrected chi connectivity index (χ3v) is 5.06. The van der Waals surface area contributed by atoms with E-state index in [1.54, 1.807) is 6.07 Å². The number of amides is 3. The van der Waals surface area contributed by atoms with Crippen molar-refractivity contribution < 1.29 is 41.8 Å². The van der Waals surface area contributed by atoms with E-state index < -0.39 is 36.1 Å². The van der Waals surface area contributed by atoms with Gasteiger partial charge in [-0.15, -0.1) is 0 Å². The molecule has 200 valence electrons. The number of halogens is 4. The van der Waals surface area contributed by atoms with Crippen molar-refractivity contribution >= 4 is 45.6 Å². The van der Waals surface area contributed by atoms with Gasteiger partial charge in [0.25, 0.3) is 5.91 Å². The molecule has 3 amide bonds. The molecule has 0 spiro atoms. The molecule has 0 unspecified atom stereocenters. The predicted molar refractivity (Wildman–Crippen MR) is 132 cm³/mol. The molecule has 0 bridgehead atoms. The van der Waals surface area contributed by atoms with E-state index in [2.05, 4.69) is 37.1 Å². The molecule has 0 aliphatic carbocycles. The first-order valence-corrected chi connectivity index (χ1v) is 11.4. The monoisotopic (exact) mass is 588 g/mol. The average molecular weight is 589 g/mol. The number of hydrogen-bond acceptors (Lipinski definition) is 7. The number of ether oxygens (including phenoxy) is 3. The predicted octanol–water partition coefficient (Wildman–Crippen LogP) is 3.10. The molecule has 0 aromatic heterocycles. The first-order chi connectivity index (χ1) is 17.5. The molecule has 0 saturated heterocycles. The lowest BCUT2D eigenvalue weighted by Crippen LogP contribution is -2.38. The van der Waals surface area contributed by atoms with Crippen LogP contribution in [0.2, 0.25) is 0 Å². The lowest BCUT2D eigenvalue weighted by atomic mass is 10.2. The minimum Gasteiger partial charge on any atom is -0.493 e. The largest absolute Gasteiger partial charge is 0.493 e. The maximum absolute atomic E-state index is 12.8. The summed E-state index contributed by atoms with van der Waals surface area (Å²) in [5.41, 5.74) is 1.61. The van der Waals surface area contributed by atoms with E-state index in [1.165, 1.54) is 38.6 Å². The summed E-state index contributed by atoms with van der Waals surface area (Å²) in [6, 6.07) is 7.24. The summed E-state index contributed by atoms with van der Waals surface area (Å²) in [7, 11) is 2.88. The molecule has 0 fully saturated rings. The molecule has 14 heteroatoms. The zero-order valence-corrected chi connectivity index (χ0v) is 21.4. The molecule has 0 atom stereocenters. The van der Waals surface area contributed by atoms with Crippen molar-refractivity contribution in [3.8, 4) is 11.5 Å². The van der Waals surface area contributed by atoms with E-state index >= 15 is 0 Å². The number of nitrogens with zero attached hydrogens (tertiary/aromatic N) is 1. The van der Waals surface area contributed by atoms with Crippen molar-refractivity contribution in [1.29, 1.82) is 0 Å². The van der Waals surface area contributed by atoms with E-state index in [0.717, 1.165) is 12.1 Å². The fourth-order valence-corrected chi connectivity index (χ4v) is 3.35. The summed E-state index contributed by atoms with van der Waals surface area (Å²) in [4.78, 5) is 35.7. The Morgan fingerprint density at radius 1 is 1.11 bits per heavy atom. The van der Waals surface area contributed by atoms with Gasteiger partial charge in [0.1, 0.15) is 0 Å². The standard InChI is InChI=1S/C23H24BrF3N4O6/c1-35-8-4-7-28-21(33)22(34)31-29-12-14-9-17(24)20(18(10-14)36-2)37-13-19(32)30-16-6-3-5-15(11-16)23(25,26)27/h3,5-6,9-12H,4,7-8,13H2,1-2H3,(H,28,33)(H,30,32)(H,31,34). The lowest BCUT2D eigenvalue weighted by Gasteiger charge is -2.14. The van der Waals surface area contributed by atoms with Gasteiger partial charge < -0.3 is 24.8 Å². The highest BCUT2D eigenvalue weighted by Crippen LogP contribution is 2.36. The first kappa shape index (κ1) is 29.6. The van der Waals surface area contributed by atoms with Crippen LogP contribution in [-0.2, 0) is 25.3 Å². The summed E-state index contributed by atoms with van der Waals surface area (Å²) in [6.45, 7) is 0.193. The van der Waals surface area contributed by atoms with Crippen LogP contribution in [0, 0.1) is 0 Å². The lowest BCUT2D eigenvalue weighted by molar-refractivity contribution is -0.139. The van der Waals surface area contributed by atoms with Gasteiger partial charge in [0, 0.05) is 25.9 Å². The second kappa shape index (κ2) is 14.2. The molecule has 2 rings (SSSR count). The van der Waals surface area contributed by atoms with Gasteiger partial charge in [0.2, 0.25) is 0 Å². The Kier molecular flexibility index (Phi) is 11.3. The number of rotatable bonds is 11. The van der Waals surface area contributed by atoms with Crippen molar-refractivity contribution in [3.05, 3.63) is 52.0 Å². The van der Waals surface area contributed by atoms with Gasteiger partial charge in [-0.05, 0) is 58.2 Å². The van der Waals surface area contributed by atoms with Gasteiger partial charge >= 0.3 is 18.0 Å². The van der Waals surface area contributed by atoms with Crippen molar-refractivity contribution in [1.82, 2.24) is 10.7 Å². The zero-order chi connectivity index (χ0) is 27.4. The Balaban J connectivity index is 1.96. The maximum Gasteiger partial charge on any atom is 0.416 e. The molecular formula is C23H24BrF3N4O6. The fraction of sp³-hybridized carbons (Fsp3) is 0.304. The highest BCUT2D eigenvalue weighted by Gasteiger charge is 2.30. The van der Waals surface area contributed by atoms with Gasteiger partial charge in [-0.1, -0.05) is 6.07 Å². The fourth-order valence-electron chi connectivity index (χ4n) is 2.78. The molecule has 3 N–H and O–H groups in total. The molecule has 37 heavy (non-hydrogen) atoms. The van der Waals surface area contributed by atoms with Crippen molar-refractivity contribution in [2.24, 2.45) is 5.10 Å². The Labute approximate surface area is 218 Å². The summed E-state index contributed by atoms with van der Waals surface area (Å²) < 4.78 is 54.5. The van der Waals surface area contributed by atoms with Crippen LogP contribution in [0.3, 0.4) is 0 Å². The molecule has 0 radical (unpaired) electrons. The Bertz CT molecular complexity index is 1140. The molecule has 0 aliphatic heterocycles. The van der Waals surface area contributed by atoms with E-state index in [9.17, 15) is 27.6 Å². The highest BCUT2D eigenvalue weighted by molar-refractivity contribution is 9.10. The topological polar surface area (TPSA) is 127 Å². The minimum atomic E-state index is -4.54. The Morgan fingerprint density at radius 2 is 1.86 bits per heavy atom. The van der Waals surface area contributed by atoms with Gasteiger partial charge in [-0.3, -0.25) is 14.4 Å². The second-order valence-corrected chi connectivity index (χ2v) is 8.11. The van der Waals surface area contributed by atoms with Gasteiger partial charge in [0.05, 0.1) is 23.4 Å². The number of benzene rings is 2. The molecule has 2 aromatic carbocycles. The third-order valence-electron chi connectivity index (χ3n) is 4.47. The van der Waals surface area contributed by atoms with Gasteiger partial charge in [-0.25, -0.2) is 5.43 Å². The zero-order valence-electron chi connectivity index (χ0n) is 19.8. The number of methoxy groups -OCH3 is 2. The quantitative estimate of drug-likeness (QED) is 0.160. The van der Waals surface area contributed by atoms with Crippen LogP contribution in [-0.4, -0.2) is 57.9 Å². The summed E-state index contributed by atoms with van der Waals surface area (Å²) in [5, 5.41) is 8.48. The Hall–Kier alpha value is -3.65. The smallest absolute Gasteiger partial charge is 0.416 e. The van der Waals surface area contributed by atoms with Crippen molar-refractivity contribution in [2.45, 2.75) is 12.6 Å². The minimum absolute atomic E-state index is 0.0354. The first-order valence-electron chi connectivity index (χ1n) is 10.6. The summed E-state index contributed by atoms with van der Waals surface area (Å²) in [6.07, 6.45) is -2.73. The third kappa shape index (κ3) is 9.73. The number of hydrazone groups is 1. The van der Waals surface area contributed by atoms with Crippen molar-refractivity contribution in [3.63, 3.8) is 0 Å². The molecular weight excluding hydrogens is 565 g/mol. The van der Waals surface area contributed by atoms with Gasteiger partial charge in [-0.2, -0.15) is 18.3 Å². The van der Waals surface area contributed by atoms with Gasteiger partial charge in [0.15, 0.2) is 18.1 Å². The second-order valence-electron chi connectivity index (χ2n) is 7.25. The number of anilines is 1. The summed E-state index contributed by atoms with van der Waals surface area (Å²) >= 11 is 3.29. The van der Waals surface area contributed by atoms with Crippen LogP contribution in [0.5, 0.6) is 11.5 Å². The average Bonchev–Trinajstić information content (AvgIpc) is 2.85. The van der Waals surface area contributed by atoms with E-state index in [4.69, 9.17) is 14.2 Å². The highest BCUT2D eigenvalue weighted by atomic mass is 79.9. The SMILES string of the molecule is COCCCNC(=O)C(=O)NN=Cc1cc(Br)c(OCC(=O)Nc2cccc(C(F)(F)F)c2)c(OC)c1. The number of alkyl halides is 3. The molecule has 0 saturated carbocycles. The van der Waals surface area contributed by atoms with Crippen LogP contribution in [0.1, 0.15) is 17.5 Å². The van der Waals surface area contributed by atoms with Crippen LogP contribution < -0.4 is 25.5 Å². The maximum atomic E-state index is 12.8. The normalized spacial score (nSPS) is 11.2. The van der Waals surface area contributed by atoms with Crippen molar-refractivity contribution in [2.75, 3.05) is 39.3 Å². The van der Waals surface area contributed by atoms with Crippen LogP contribution in [0.25, 0.3) is 0 Å². The number of carbonyl (C=O) groups excluding carboxylic acids is 3. The molecule has 2 aromatic rings. The van der Waals surface area contributed by atoms with Crippen LogP contribution in [0.4, 0.5) is 18.9 Å². The van der Waals surface area contributed by atoms with E-state index in [-0.39, 0.29) is 23.7 Å². The molecule has 10 nitrogen and oxygen atoms in total. The van der Waals surface area contributed by atoms with E-state index in [0.29, 0.717) is 23.1 Å². The number of nitrogens with one attached hydrogen (secondary N) is 3. The van der Waals surface area contributed by atoms with Crippen LogP contribution >= 0.6 is 15.9 Å².